The molecule has 1 aromatic heterocycles. The Kier molecular flexibility index (Phi) is 4.18. The smallest absolute Gasteiger partial charge is 0.200 e. The third kappa shape index (κ3) is 4.08. The Morgan fingerprint density at radius 2 is 1.81 bits per heavy atom. The highest BCUT2D eigenvalue weighted by Crippen LogP contribution is 2.33. The van der Waals surface area contributed by atoms with Gasteiger partial charge in [-0.3, -0.25) is 0 Å². The maximum absolute atomic E-state index is 8.62. The van der Waals surface area contributed by atoms with Crippen LogP contribution in [0.1, 0.15) is 66.9 Å². The Morgan fingerprint density at radius 3 is 2.44 bits per heavy atom. The molecule has 0 fully saturated rings. The van der Waals surface area contributed by atoms with Crippen molar-refractivity contribution < 1.29 is 8.68 Å². The number of benzene rings is 2. The van der Waals surface area contributed by atoms with Crippen molar-refractivity contribution >= 4 is 10.8 Å². The van der Waals surface area contributed by atoms with E-state index in [0.717, 1.165) is 45.1 Å². The summed E-state index contributed by atoms with van der Waals surface area (Å²) in [6, 6.07) is 10.8. The Bertz CT molecular complexity index is 1130. The molecule has 0 aliphatic rings. The average molecular weight is 364 g/mol. The zero-order valence-electron chi connectivity index (χ0n) is 21.0. The van der Waals surface area contributed by atoms with Gasteiger partial charge in [-0.1, -0.05) is 52.8 Å². The fourth-order valence-corrected chi connectivity index (χ4v) is 3.72. The van der Waals surface area contributed by atoms with E-state index in [9.17, 15) is 0 Å². The Hall–Kier alpha value is -2.15. The molecule has 1 heteroatoms. The van der Waals surface area contributed by atoms with Gasteiger partial charge in [-0.2, -0.15) is 0 Å². The second-order valence-corrected chi connectivity index (χ2v) is 9.23. The lowest BCUT2D eigenvalue weighted by Gasteiger charge is -2.19. The van der Waals surface area contributed by atoms with Gasteiger partial charge >= 0.3 is 0 Å². The minimum Gasteiger partial charge on any atom is -0.200 e. The molecule has 2 aromatic carbocycles. The van der Waals surface area contributed by atoms with Crippen LogP contribution in [0.3, 0.4) is 0 Å². The van der Waals surface area contributed by atoms with Gasteiger partial charge in [-0.15, -0.1) is 0 Å². The van der Waals surface area contributed by atoms with Gasteiger partial charge in [0.05, 0.1) is 12.3 Å². The van der Waals surface area contributed by atoms with Crippen molar-refractivity contribution in [3.63, 3.8) is 0 Å². The molecule has 0 radical (unpaired) electrons. The predicted octanol–water partition coefficient (Wildman–Crippen LogP) is 6.66. The van der Waals surface area contributed by atoms with Crippen LogP contribution >= 0.6 is 0 Å². The normalized spacial score (nSPS) is 14.1. The van der Waals surface area contributed by atoms with Crippen molar-refractivity contribution in [1.82, 2.24) is 0 Å². The summed E-state index contributed by atoms with van der Waals surface area (Å²) in [6.07, 6.45) is 1.13. The van der Waals surface area contributed by atoms with E-state index in [-0.39, 0.29) is 17.6 Å². The van der Waals surface area contributed by atoms with Crippen molar-refractivity contribution in [2.45, 2.75) is 60.8 Å². The molecular weight excluding hydrogens is 326 g/mol. The van der Waals surface area contributed by atoms with Crippen molar-refractivity contribution in [3.05, 3.63) is 64.8 Å². The summed E-state index contributed by atoms with van der Waals surface area (Å²) in [5.74, 6) is -0.708. The molecule has 27 heavy (non-hydrogen) atoms. The Morgan fingerprint density at radius 1 is 1.11 bits per heavy atom. The Labute approximate surface area is 169 Å². The molecule has 142 valence electrons. The number of hydrogen-bond acceptors (Lipinski definition) is 0. The van der Waals surface area contributed by atoms with E-state index in [4.69, 9.17) is 4.11 Å². The molecular formula is C26H34N+. The fourth-order valence-electron chi connectivity index (χ4n) is 3.72. The Balaban J connectivity index is 2.39. The molecule has 0 unspecified atom stereocenters. The molecule has 3 rings (SSSR count). The van der Waals surface area contributed by atoms with Crippen molar-refractivity contribution in [3.8, 4) is 11.3 Å². The van der Waals surface area contributed by atoms with Crippen molar-refractivity contribution in [2.75, 3.05) is 0 Å². The number of aromatic nitrogens is 1. The molecule has 0 spiro atoms. The SMILES string of the molecule is [2H]c1c([2H])[n+](C)c(-c2cc(C([2H])(C)C)cc(C)c2C)c2ccc(CC(C)(C)C)cc12. The first-order chi connectivity index (χ1) is 13.7. The minimum atomic E-state index is -0.708. The first-order valence-corrected chi connectivity index (χ1v) is 9.74. The van der Waals surface area contributed by atoms with E-state index >= 15 is 0 Å². The molecule has 1 heterocycles. The van der Waals surface area contributed by atoms with Crippen LogP contribution in [-0.2, 0) is 13.5 Å². The molecule has 0 saturated carbocycles. The summed E-state index contributed by atoms with van der Waals surface area (Å²) in [5, 5.41) is 1.81. The molecule has 0 saturated heterocycles. The van der Waals surface area contributed by atoms with Gasteiger partial charge in [0.2, 0.25) is 5.69 Å². The molecule has 0 N–H and O–H groups in total. The van der Waals surface area contributed by atoms with Gasteiger partial charge in [0.15, 0.2) is 6.17 Å². The standard InChI is InChI=1S/C26H34N/c1-17(2)22-13-18(3)19(4)24(15-22)25-23-10-9-20(16-26(5,6)7)14-21(23)11-12-27(25)8/h9-15,17H,16H2,1-8H3/q+1/i11D,12D,17D. The third-order valence-electron chi connectivity index (χ3n) is 5.27. The lowest BCUT2D eigenvalue weighted by molar-refractivity contribution is -0.659. The summed E-state index contributed by atoms with van der Waals surface area (Å²) in [7, 11) is 1.87. The highest BCUT2D eigenvalue weighted by molar-refractivity contribution is 5.94. The molecule has 3 aromatic rings. The fraction of sp³-hybridized carbons (Fsp3) is 0.423. The summed E-state index contributed by atoms with van der Waals surface area (Å²) in [4.78, 5) is 0. The van der Waals surface area contributed by atoms with E-state index in [0.29, 0.717) is 0 Å². The van der Waals surface area contributed by atoms with Crippen LogP contribution in [0.5, 0.6) is 0 Å². The van der Waals surface area contributed by atoms with Gasteiger partial charge in [-0.25, -0.2) is 4.57 Å². The largest absolute Gasteiger partial charge is 0.220 e. The van der Waals surface area contributed by atoms with E-state index in [1.165, 1.54) is 5.56 Å². The summed E-state index contributed by atoms with van der Waals surface area (Å²) in [5.41, 5.74) is 6.58. The van der Waals surface area contributed by atoms with Crippen LogP contribution < -0.4 is 4.57 Å². The van der Waals surface area contributed by atoms with Crippen LogP contribution in [0.4, 0.5) is 0 Å². The summed E-state index contributed by atoms with van der Waals surface area (Å²) in [6.45, 7) is 14.6. The quantitative estimate of drug-likeness (QED) is 0.458. The topological polar surface area (TPSA) is 3.88 Å². The average Bonchev–Trinajstić information content (AvgIpc) is 2.61. The number of pyridine rings is 1. The number of hydrogen-bond donors (Lipinski definition) is 0. The van der Waals surface area contributed by atoms with E-state index in [1.54, 1.807) is 0 Å². The van der Waals surface area contributed by atoms with Gasteiger partial charge in [0, 0.05) is 7.41 Å². The second kappa shape index (κ2) is 7.11. The number of fused-ring (bicyclic) bond motifs is 1. The van der Waals surface area contributed by atoms with E-state index in [2.05, 4.69) is 65.0 Å². The van der Waals surface area contributed by atoms with E-state index in [1.807, 2.05) is 25.5 Å². The van der Waals surface area contributed by atoms with Gasteiger partial charge in [0.1, 0.15) is 8.42 Å². The van der Waals surface area contributed by atoms with Gasteiger partial charge in [-0.05, 0) is 71.4 Å². The van der Waals surface area contributed by atoms with Gasteiger partial charge < -0.3 is 0 Å². The van der Waals surface area contributed by atoms with E-state index < -0.39 is 5.89 Å². The lowest BCUT2D eigenvalue weighted by Crippen LogP contribution is -2.31. The zero-order chi connectivity index (χ0) is 22.6. The summed E-state index contributed by atoms with van der Waals surface area (Å²) >= 11 is 0. The third-order valence-corrected chi connectivity index (χ3v) is 5.27. The minimum absolute atomic E-state index is 0.156. The molecule has 0 atom stereocenters. The van der Waals surface area contributed by atoms with Crippen LogP contribution in [0.2, 0.25) is 0 Å². The second-order valence-electron chi connectivity index (χ2n) is 9.23. The van der Waals surface area contributed by atoms with Gasteiger partial charge in [0.25, 0.3) is 0 Å². The zero-order valence-corrected chi connectivity index (χ0v) is 18.0. The van der Waals surface area contributed by atoms with Crippen LogP contribution in [0.25, 0.3) is 22.0 Å². The number of nitrogens with zero attached hydrogens (tertiary/aromatic N) is 1. The highest BCUT2D eigenvalue weighted by Gasteiger charge is 2.20. The summed E-state index contributed by atoms with van der Waals surface area (Å²) < 4.78 is 27.6. The molecule has 1 nitrogen and oxygen atoms in total. The maximum Gasteiger partial charge on any atom is 0.220 e. The molecule has 0 aliphatic heterocycles. The van der Waals surface area contributed by atoms with Crippen LogP contribution in [0.15, 0.2) is 42.5 Å². The monoisotopic (exact) mass is 363 g/mol. The molecule has 0 aliphatic carbocycles. The first-order valence-electron chi connectivity index (χ1n) is 11.2. The van der Waals surface area contributed by atoms with Crippen LogP contribution in [0, 0.1) is 19.3 Å². The van der Waals surface area contributed by atoms with Crippen molar-refractivity contribution in [1.29, 1.82) is 0 Å². The predicted molar refractivity (Wildman–Crippen MR) is 117 cm³/mol. The number of aryl methyl sites for hydroxylation is 1. The molecule has 0 amide bonds. The lowest BCUT2D eigenvalue weighted by atomic mass is 9.87. The first kappa shape index (κ1) is 15.9. The maximum atomic E-state index is 8.62. The van der Waals surface area contributed by atoms with Crippen LogP contribution in [-0.4, -0.2) is 0 Å². The number of rotatable bonds is 3. The van der Waals surface area contributed by atoms with Crippen molar-refractivity contribution in [2.24, 2.45) is 12.5 Å². The highest BCUT2D eigenvalue weighted by atomic mass is 14.9. The molecule has 0 bridgehead atoms.